The van der Waals surface area contributed by atoms with E-state index in [-0.39, 0.29) is 18.2 Å². The molecule has 0 fully saturated rings. The third kappa shape index (κ3) is 2.16. The van der Waals surface area contributed by atoms with E-state index in [2.05, 4.69) is 5.10 Å². The molecule has 0 radical (unpaired) electrons. The molecule has 5 nitrogen and oxygen atoms in total. The fraction of sp³-hybridized carbons (Fsp3) is 0.200. The molecule has 1 heterocycles. The molecule has 0 bridgehead atoms. The number of hydrazone groups is 1. The standard InChI is InChI=1S/C10H9Cl2N3O2/c1-17-8-3-5(11)2-6(12)9(8)15-4-7(16)10(13)14-15/h2-3H,4H2,1H3,(H2,13,14). The van der Waals surface area contributed by atoms with Gasteiger partial charge >= 0.3 is 0 Å². The van der Waals surface area contributed by atoms with Crippen molar-refractivity contribution in [1.29, 1.82) is 0 Å². The number of nitrogens with two attached hydrogens (primary N) is 1. The molecule has 1 aliphatic rings. The van der Waals surface area contributed by atoms with Crippen molar-refractivity contribution in [3.63, 3.8) is 0 Å². The predicted octanol–water partition coefficient (Wildman–Crippen LogP) is 1.66. The van der Waals surface area contributed by atoms with Gasteiger partial charge in [-0.2, -0.15) is 5.10 Å². The summed E-state index contributed by atoms with van der Waals surface area (Å²) in [4.78, 5) is 11.3. The van der Waals surface area contributed by atoms with Crippen LogP contribution in [-0.2, 0) is 4.79 Å². The van der Waals surface area contributed by atoms with E-state index in [4.69, 9.17) is 33.7 Å². The number of hydrogen-bond acceptors (Lipinski definition) is 5. The zero-order chi connectivity index (χ0) is 12.6. The Morgan fingerprint density at radius 3 is 2.71 bits per heavy atom. The second kappa shape index (κ2) is 4.43. The van der Waals surface area contributed by atoms with Crippen LogP contribution >= 0.6 is 23.2 Å². The van der Waals surface area contributed by atoms with Gasteiger partial charge in [-0.05, 0) is 6.07 Å². The molecule has 1 aliphatic heterocycles. The summed E-state index contributed by atoms with van der Waals surface area (Å²) in [5, 5.41) is 6.10. The highest BCUT2D eigenvalue weighted by atomic mass is 35.5. The van der Waals surface area contributed by atoms with Gasteiger partial charge in [0.05, 0.1) is 12.1 Å². The molecule has 0 spiro atoms. The molecule has 0 amide bonds. The zero-order valence-electron chi connectivity index (χ0n) is 8.91. The van der Waals surface area contributed by atoms with E-state index in [9.17, 15) is 4.79 Å². The fourth-order valence-corrected chi connectivity index (χ4v) is 2.09. The van der Waals surface area contributed by atoms with E-state index in [0.29, 0.717) is 21.5 Å². The van der Waals surface area contributed by atoms with Crippen LogP contribution in [0.15, 0.2) is 17.2 Å². The molecule has 90 valence electrons. The number of ether oxygens (including phenoxy) is 1. The maximum atomic E-state index is 11.3. The molecule has 17 heavy (non-hydrogen) atoms. The first kappa shape index (κ1) is 12.0. The summed E-state index contributed by atoms with van der Waals surface area (Å²) in [7, 11) is 1.48. The van der Waals surface area contributed by atoms with Gasteiger partial charge in [-0.25, -0.2) is 0 Å². The number of halogens is 2. The summed E-state index contributed by atoms with van der Waals surface area (Å²) in [6, 6.07) is 3.15. The van der Waals surface area contributed by atoms with Gasteiger partial charge < -0.3 is 10.5 Å². The molecule has 1 aromatic rings. The first-order valence-corrected chi connectivity index (χ1v) is 5.46. The van der Waals surface area contributed by atoms with Gasteiger partial charge in [0.1, 0.15) is 18.0 Å². The maximum absolute atomic E-state index is 11.3. The van der Waals surface area contributed by atoms with E-state index in [1.165, 1.54) is 12.1 Å². The number of Topliss-reactive ketones (excluding diaryl/α,β-unsaturated/α-hetero) is 1. The molecular formula is C10H9Cl2N3O2. The number of nitrogens with zero attached hydrogens (tertiary/aromatic N) is 2. The molecule has 2 N–H and O–H groups in total. The SMILES string of the molecule is COc1cc(Cl)cc(Cl)c1N1CC(=O)C(N)=N1. The average Bonchev–Trinajstić information content (AvgIpc) is 2.57. The number of hydrogen-bond donors (Lipinski definition) is 1. The minimum atomic E-state index is -0.252. The van der Waals surface area contributed by atoms with E-state index in [0.717, 1.165) is 0 Å². The molecule has 0 atom stereocenters. The maximum Gasteiger partial charge on any atom is 0.220 e. The lowest BCUT2D eigenvalue weighted by atomic mass is 10.2. The minimum absolute atomic E-state index is 0.0435. The fourth-order valence-electron chi connectivity index (χ4n) is 1.52. The van der Waals surface area contributed by atoms with Gasteiger partial charge in [-0.3, -0.25) is 9.80 Å². The van der Waals surface area contributed by atoms with Crippen LogP contribution < -0.4 is 15.5 Å². The van der Waals surface area contributed by atoms with Crippen molar-refractivity contribution in [3.05, 3.63) is 22.2 Å². The van der Waals surface area contributed by atoms with Gasteiger partial charge in [-0.1, -0.05) is 23.2 Å². The predicted molar refractivity (Wildman–Crippen MR) is 67.0 cm³/mol. The lowest BCUT2D eigenvalue weighted by molar-refractivity contribution is -0.111. The van der Waals surface area contributed by atoms with Crippen LogP contribution in [0.3, 0.4) is 0 Å². The van der Waals surface area contributed by atoms with Crippen molar-refractivity contribution < 1.29 is 9.53 Å². The molecule has 0 unspecified atom stereocenters. The Morgan fingerprint density at radius 2 is 2.18 bits per heavy atom. The Balaban J connectivity index is 2.49. The zero-order valence-corrected chi connectivity index (χ0v) is 10.4. The molecule has 0 saturated carbocycles. The Kier molecular flexibility index (Phi) is 3.13. The Bertz CT molecular complexity index is 517. The topological polar surface area (TPSA) is 67.9 Å². The summed E-state index contributed by atoms with van der Waals surface area (Å²) >= 11 is 11.9. The Labute approximate surface area is 108 Å². The Hall–Kier alpha value is -1.46. The van der Waals surface area contributed by atoms with Crippen LogP contribution in [0.2, 0.25) is 10.0 Å². The van der Waals surface area contributed by atoms with Crippen molar-refractivity contribution in [2.45, 2.75) is 0 Å². The minimum Gasteiger partial charge on any atom is -0.494 e. The number of carbonyl (C=O) groups is 1. The smallest absolute Gasteiger partial charge is 0.220 e. The third-order valence-electron chi connectivity index (χ3n) is 2.28. The van der Waals surface area contributed by atoms with Gasteiger partial charge in [0.2, 0.25) is 5.78 Å². The normalized spacial score (nSPS) is 15.1. The number of carbonyl (C=O) groups excluding carboxylic acids is 1. The largest absolute Gasteiger partial charge is 0.494 e. The highest BCUT2D eigenvalue weighted by Gasteiger charge is 2.26. The van der Waals surface area contributed by atoms with Gasteiger partial charge in [0.25, 0.3) is 0 Å². The van der Waals surface area contributed by atoms with Crippen molar-refractivity contribution in [2.75, 3.05) is 18.7 Å². The molecule has 7 heteroatoms. The monoisotopic (exact) mass is 273 g/mol. The molecule has 0 saturated heterocycles. The number of anilines is 1. The number of rotatable bonds is 2. The van der Waals surface area contributed by atoms with Crippen LogP contribution in [-0.4, -0.2) is 25.3 Å². The van der Waals surface area contributed by atoms with Crippen LogP contribution in [0.25, 0.3) is 0 Å². The lowest BCUT2D eigenvalue weighted by Crippen LogP contribution is -2.23. The van der Waals surface area contributed by atoms with Gasteiger partial charge in [0.15, 0.2) is 5.84 Å². The molecule has 1 aromatic carbocycles. The first-order valence-electron chi connectivity index (χ1n) is 4.70. The third-order valence-corrected chi connectivity index (χ3v) is 2.79. The second-order valence-corrected chi connectivity index (χ2v) is 4.25. The van der Waals surface area contributed by atoms with Gasteiger partial charge in [-0.15, -0.1) is 0 Å². The summed E-state index contributed by atoms with van der Waals surface area (Å²) in [6.07, 6.45) is 0. The van der Waals surface area contributed by atoms with E-state index in [1.54, 1.807) is 12.1 Å². The summed E-state index contributed by atoms with van der Waals surface area (Å²) in [6.45, 7) is 0.0452. The van der Waals surface area contributed by atoms with E-state index < -0.39 is 0 Å². The number of methoxy groups -OCH3 is 1. The number of amidine groups is 1. The first-order chi connectivity index (χ1) is 8.02. The van der Waals surface area contributed by atoms with Crippen molar-refractivity contribution in [1.82, 2.24) is 0 Å². The summed E-state index contributed by atoms with van der Waals surface area (Å²) < 4.78 is 5.16. The van der Waals surface area contributed by atoms with Crippen molar-refractivity contribution in [3.8, 4) is 5.75 Å². The quantitative estimate of drug-likeness (QED) is 0.890. The molecular weight excluding hydrogens is 265 g/mol. The second-order valence-electron chi connectivity index (χ2n) is 3.40. The lowest BCUT2D eigenvalue weighted by Gasteiger charge is -2.18. The highest BCUT2D eigenvalue weighted by molar-refractivity contribution is 6.42. The van der Waals surface area contributed by atoms with Crippen LogP contribution in [0, 0.1) is 0 Å². The van der Waals surface area contributed by atoms with Crippen LogP contribution in [0.1, 0.15) is 0 Å². The van der Waals surface area contributed by atoms with Crippen LogP contribution in [0.4, 0.5) is 5.69 Å². The Morgan fingerprint density at radius 1 is 1.47 bits per heavy atom. The number of ketones is 1. The number of benzene rings is 1. The van der Waals surface area contributed by atoms with E-state index >= 15 is 0 Å². The highest BCUT2D eigenvalue weighted by Crippen LogP contribution is 2.39. The van der Waals surface area contributed by atoms with Crippen molar-refractivity contribution >= 4 is 40.5 Å². The molecule has 0 aromatic heterocycles. The summed E-state index contributed by atoms with van der Waals surface area (Å²) in [5.41, 5.74) is 5.91. The molecule has 0 aliphatic carbocycles. The van der Waals surface area contributed by atoms with Crippen LogP contribution in [0.5, 0.6) is 5.75 Å². The van der Waals surface area contributed by atoms with Gasteiger partial charge in [0, 0.05) is 11.1 Å². The molecule has 2 rings (SSSR count). The van der Waals surface area contributed by atoms with Crippen molar-refractivity contribution in [2.24, 2.45) is 10.8 Å². The average molecular weight is 274 g/mol. The summed E-state index contributed by atoms with van der Waals surface area (Å²) in [5.74, 6) is 0.143. The van der Waals surface area contributed by atoms with E-state index in [1.807, 2.05) is 0 Å².